The molecule has 0 aromatic carbocycles. The van der Waals surface area contributed by atoms with Crippen molar-refractivity contribution in [2.75, 3.05) is 12.4 Å². The molecule has 0 aliphatic heterocycles. The molecule has 2 atom stereocenters. The first-order valence-corrected chi connectivity index (χ1v) is 6.87. The number of fused-ring (bicyclic) bond motifs is 1. The lowest BCUT2D eigenvalue weighted by molar-refractivity contribution is 0.101. The molecular formula is C12H15BrN4O. The van der Waals surface area contributed by atoms with Crippen molar-refractivity contribution in [3.63, 3.8) is 0 Å². The van der Waals surface area contributed by atoms with Crippen LogP contribution in [0.2, 0.25) is 0 Å². The lowest BCUT2D eigenvalue weighted by Gasteiger charge is -2.18. The zero-order valence-electron chi connectivity index (χ0n) is 10.1. The second-order valence-corrected chi connectivity index (χ2v) is 5.46. The maximum absolute atomic E-state index is 5.46. The average molecular weight is 311 g/mol. The van der Waals surface area contributed by atoms with E-state index in [1.807, 2.05) is 18.3 Å². The van der Waals surface area contributed by atoms with E-state index < -0.39 is 0 Å². The Morgan fingerprint density at radius 2 is 2.33 bits per heavy atom. The molecule has 0 saturated heterocycles. The number of rotatable bonds is 3. The maximum Gasteiger partial charge on any atom is 0.243 e. The normalized spacial score (nSPS) is 23.7. The van der Waals surface area contributed by atoms with Gasteiger partial charge in [-0.25, -0.2) is 4.52 Å². The van der Waals surface area contributed by atoms with Gasteiger partial charge in [-0.3, -0.25) is 0 Å². The molecule has 3 rings (SSSR count). The van der Waals surface area contributed by atoms with E-state index in [-0.39, 0.29) is 6.10 Å². The van der Waals surface area contributed by atoms with Gasteiger partial charge >= 0.3 is 0 Å². The molecule has 1 aliphatic carbocycles. The van der Waals surface area contributed by atoms with Crippen molar-refractivity contribution in [2.45, 2.75) is 31.4 Å². The predicted molar refractivity (Wildman–Crippen MR) is 72.7 cm³/mol. The van der Waals surface area contributed by atoms with E-state index in [2.05, 4.69) is 31.3 Å². The molecule has 5 nitrogen and oxygen atoms in total. The van der Waals surface area contributed by atoms with Gasteiger partial charge in [0.05, 0.1) is 12.1 Å². The fourth-order valence-electron chi connectivity index (χ4n) is 2.46. The highest BCUT2D eigenvalue weighted by molar-refractivity contribution is 9.10. The minimum atomic E-state index is 0.267. The van der Waals surface area contributed by atoms with Gasteiger partial charge < -0.3 is 10.1 Å². The van der Waals surface area contributed by atoms with Gasteiger partial charge in [-0.15, -0.1) is 5.10 Å². The molecule has 0 amide bonds. The topological polar surface area (TPSA) is 51.5 Å². The zero-order chi connectivity index (χ0) is 12.5. The van der Waals surface area contributed by atoms with E-state index in [0.29, 0.717) is 12.0 Å². The summed E-state index contributed by atoms with van der Waals surface area (Å²) in [5.74, 6) is 0.669. The third kappa shape index (κ3) is 2.22. The number of anilines is 1. The molecule has 2 aromatic rings. The smallest absolute Gasteiger partial charge is 0.243 e. The highest BCUT2D eigenvalue weighted by Crippen LogP contribution is 2.24. The molecular weight excluding hydrogens is 296 g/mol. The maximum atomic E-state index is 5.46. The Labute approximate surface area is 114 Å². The van der Waals surface area contributed by atoms with Crippen molar-refractivity contribution >= 4 is 27.5 Å². The molecule has 1 aliphatic rings. The highest BCUT2D eigenvalue weighted by Gasteiger charge is 2.27. The number of hydrogen-bond donors (Lipinski definition) is 1. The van der Waals surface area contributed by atoms with E-state index in [1.54, 1.807) is 11.6 Å². The Morgan fingerprint density at radius 3 is 3.17 bits per heavy atom. The Bertz CT molecular complexity index is 556. The first-order chi connectivity index (χ1) is 8.76. The summed E-state index contributed by atoms with van der Waals surface area (Å²) >= 11 is 3.42. The van der Waals surface area contributed by atoms with Crippen LogP contribution >= 0.6 is 15.9 Å². The summed E-state index contributed by atoms with van der Waals surface area (Å²) in [7, 11) is 1.76. The van der Waals surface area contributed by atoms with Gasteiger partial charge in [-0.05, 0) is 47.3 Å². The molecule has 0 bridgehead atoms. The minimum Gasteiger partial charge on any atom is -0.379 e. The molecule has 2 heterocycles. The number of nitrogens with zero attached hydrogens (tertiary/aromatic N) is 3. The number of pyridine rings is 1. The van der Waals surface area contributed by atoms with Crippen molar-refractivity contribution in [2.24, 2.45) is 0 Å². The SMILES string of the molecule is COC1CCCC1Nc1nc2ccc(Br)cn2n1. The van der Waals surface area contributed by atoms with Gasteiger partial charge in [0.1, 0.15) is 0 Å². The molecule has 1 N–H and O–H groups in total. The summed E-state index contributed by atoms with van der Waals surface area (Å²) in [4.78, 5) is 4.45. The third-order valence-corrected chi connectivity index (χ3v) is 3.83. The average Bonchev–Trinajstić information content (AvgIpc) is 2.94. The van der Waals surface area contributed by atoms with Crippen LogP contribution in [0.1, 0.15) is 19.3 Å². The zero-order valence-corrected chi connectivity index (χ0v) is 11.7. The van der Waals surface area contributed by atoms with E-state index in [0.717, 1.165) is 23.0 Å². The van der Waals surface area contributed by atoms with Crippen molar-refractivity contribution in [3.8, 4) is 0 Å². The fraction of sp³-hybridized carbons (Fsp3) is 0.500. The number of ether oxygens (including phenoxy) is 1. The van der Waals surface area contributed by atoms with Crippen molar-refractivity contribution in [1.29, 1.82) is 0 Å². The van der Waals surface area contributed by atoms with Crippen LogP contribution in [0.3, 0.4) is 0 Å². The number of halogens is 1. The summed E-state index contributed by atoms with van der Waals surface area (Å²) in [6, 6.07) is 4.21. The minimum absolute atomic E-state index is 0.267. The Hall–Kier alpha value is -1.14. The van der Waals surface area contributed by atoms with Crippen LogP contribution in [-0.4, -0.2) is 33.9 Å². The standard InChI is InChI=1S/C12H15BrN4O/c1-18-10-4-2-3-9(10)14-12-15-11-6-5-8(13)7-17(11)16-12/h5-7,9-10H,2-4H2,1H3,(H,14,16). The van der Waals surface area contributed by atoms with E-state index >= 15 is 0 Å². The van der Waals surface area contributed by atoms with E-state index in [4.69, 9.17) is 4.74 Å². The van der Waals surface area contributed by atoms with Gasteiger partial charge in [-0.2, -0.15) is 4.98 Å². The van der Waals surface area contributed by atoms with Crippen LogP contribution in [0.25, 0.3) is 5.65 Å². The van der Waals surface area contributed by atoms with Gasteiger partial charge in [0.15, 0.2) is 5.65 Å². The lowest BCUT2D eigenvalue weighted by Crippen LogP contribution is -2.30. The van der Waals surface area contributed by atoms with Crippen LogP contribution in [0.15, 0.2) is 22.8 Å². The van der Waals surface area contributed by atoms with Gasteiger partial charge in [0.25, 0.3) is 0 Å². The van der Waals surface area contributed by atoms with Crippen LogP contribution in [-0.2, 0) is 4.74 Å². The van der Waals surface area contributed by atoms with Gasteiger partial charge in [0.2, 0.25) is 5.95 Å². The molecule has 0 radical (unpaired) electrons. The molecule has 96 valence electrons. The monoisotopic (exact) mass is 310 g/mol. The first kappa shape index (κ1) is 11.9. The van der Waals surface area contributed by atoms with Crippen LogP contribution in [0.5, 0.6) is 0 Å². The van der Waals surface area contributed by atoms with E-state index in [9.17, 15) is 0 Å². The highest BCUT2D eigenvalue weighted by atomic mass is 79.9. The molecule has 2 unspecified atom stereocenters. The number of nitrogens with one attached hydrogen (secondary N) is 1. The molecule has 1 fully saturated rings. The van der Waals surface area contributed by atoms with Crippen molar-refractivity contribution < 1.29 is 4.74 Å². The largest absolute Gasteiger partial charge is 0.379 e. The summed E-state index contributed by atoms with van der Waals surface area (Å²) < 4.78 is 8.21. The van der Waals surface area contributed by atoms with Crippen LogP contribution < -0.4 is 5.32 Å². The molecule has 0 spiro atoms. The fourth-order valence-corrected chi connectivity index (χ4v) is 2.78. The van der Waals surface area contributed by atoms with Gasteiger partial charge in [-0.1, -0.05) is 0 Å². The second-order valence-electron chi connectivity index (χ2n) is 4.54. The molecule has 1 saturated carbocycles. The second kappa shape index (κ2) is 4.85. The summed E-state index contributed by atoms with van der Waals surface area (Å²) in [5, 5.41) is 7.78. The number of hydrogen-bond acceptors (Lipinski definition) is 4. The predicted octanol–water partition coefficient (Wildman–Crippen LogP) is 2.47. The summed E-state index contributed by atoms with van der Waals surface area (Å²) in [6.07, 6.45) is 5.57. The number of aromatic nitrogens is 3. The quantitative estimate of drug-likeness (QED) is 0.946. The summed E-state index contributed by atoms with van der Waals surface area (Å²) in [6.45, 7) is 0. The first-order valence-electron chi connectivity index (χ1n) is 6.07. The lowest BCUT2D eigenvalue weighted by atomic mass is 10.2. The van der Waals surface area contributed by atoms with E-state index in [1.165, 1.54) is 6.42 Å². The Balaban J connectivity index is 1.82. The summed E-state index contributed by atoms with van der Waals surface area (Å²) in [5.41, 5.74) is 0.840. The molecule has 2 aromatic heterocycles. The third-order valence-electron chi connectivity index (χ3n) is 3.36. The van der Waals surface area contributed by atoms with Crippen LogP contribution in [0, 0.1) is 0 Å². The van der Waals surface area contributed by atoms with Crippen molar-refractivity contribution in [1.82, 2.24) is 14.6 Å². The molecule has 6 heteroatoms. The Morgan fingerprint density at radius 1 is 1.44 bits per heavy atom. The van der Waals surface area contributed by atoms with Crippen LogP contribution in [0.4, 0.5) is 5.95 Å². The van der Waals surface area contributed by atoms with Crippen molar-refractivity contribution in [3.05, 3.63) is 22.8 Å². The number of methoxy groups -OCH3 is 1. The Kier molecular flexibility index (Phi) is 3.22. The molecule has 18 heavy (non-hydrogen) atoms. The van der Waals surface area contributed by atoms with Gasteiger partial charge in [0, 0.05) is 17.8 Å².